The fraction of sp³-hybridized carbons (Fsp3) is 0.333. The van der Waals surface area contributed by atoms with Crippen LogP contribution in [-0.2, 0) is 17.8 Å². The average Bonchev–Trinajstić information content (AvgIpc) is 2.97. The van der Waals surface area contributed by atoms with Crippen LogP contribution in [0.5, 0.6) is 5.75 Å². The summed E-state index contributed by atoms with van der Waals surface area (Å²) < 4.78 is 5.17. The Morgan fingerprint density at radius 1 is 1.40 bits per heavy atom. The van der Waals surface area contributed by atoms with Gasteiger partial charge in [0.15, 0.2) is 0 Å². The minimum atomic E-state index is 0.119. The van der Waals surface area contributed by atoms with E-state index in [1.807, 2.05) is 24.3 Å². The van der Waals surface area contributed by atoms with E-state index in [1.54, 1.807) is 31.5 Å². The van der Waals surface area contributed by atoms with Crippen molar-refractivity contribution < 1.29 is 9.53 Å². The minimum Gasteiger partial charge on any atom is -0.497 e. The first-order valence-electron chi connectivity index (χ1n) is 6.53. The van der Waals surface area contributed by atoms with E-state index in [1.165, 1.54) is 0 Å². The van der Waals surface area contributed by atoms with Crippen molar-refractivity contribution in [2.75, 3.05) is 14.2 Å². The third-order valence-corrected chi connectivity index (χ3v) is 3.16. The van der Waals surface area contributed by atoms with E-state index in [0.29, 0.717) is 19.4 Å². The van der Waals surface area contributed by atoms with E-state index in [4.69, 9.17) is 4.74 Å². The van der Waals surface area contributed by atoms with Crippen LogP contribution in [0, 0.1) is 0 Å². The van der Waals surface area contributed by atoms with Gasteiger partial charge < -0.3 is 9.64 Å². The normalized spacial score (nSPS) is 10.3. The third kappa shape index (κ3) is 3.85. The van der Waals surface area contributed by atoms with Crippen LogP contribution in [0.1, 0.15) is 17.5 Å². The standard InChI is InChI=1S/C15H19N3O2/c1-18(11-13-9-16-17-10-13)15(19)7-6-12-4-3-5-14(8-12)20-2/h3-5,8-10H,6-7,11H2,1-2H3,(H,16,17). The lowest BCUT2D eigenvalue weighted by Gasteiger charge is -2.16. The van der Waals surface area contributed by atoms with Gasteiger partial charge in [0, 0.05) is 31.8 Å². The average molecular weight is 273 g/mol. The van der Waals surface area contributed by atoms with E-state index < -0.39 is 0 Å². The Labute approximate surface area is 118 Å². The lowest BCUT2D eigenvalue weighted by Crippen LogP contribution is -2.26. The fourth-order valence-corrected chi connectivity index (χ4v) is 2.00. The van der Waals surface area contributed by atoms with Crippen molar-refractivity contribution in [1.29, 1.82) is 0 Å². The van der Waals surface area contributed by atoms with Gasteiger partial charge >= 0.3 is 0 Å². The number of aryl methyl sites for hydroxylation is 1. The molecule has 0 radical (unpaired) electrons. The van der Waals surface area contributed by atoms with Crippen molar-refractivity contribution >= 4 is 5.91 Å². The summed E-state index contributed by atoms with van der Waals surface area (Å²) >= 11 is 0. The van der Waals surface area contributed by atoms with Gasteiger partial charge in [-0.2, -0.15) is 5.10 Å². The zero-order valence-corrected chi connectivity index (χ0v) is 11.8. The molecule has 0 aliphatic heterocycles. The Kier molecular flexibility index (Phi) is 4.76. The predicted octanol–water partition coefficient (Wildman–Crippen LogP) is 2.01. The zero-order chi connectivity index (χ0) is 14.4. The molecule has 20 heavy (non-hydrogen) atoms. The molecule has 0 saturated carbocycles. The molecular formula is C15H19N3O2. The maximum Gasteiger partial charge on any atom is 0.222 e. The topological polar surface area (TPSA) is 58.2 Å². The molecule has 0 saturated heterocycles. The molecule has 1 heterocycles. The van der Waals surface area contributed by atoms with Gasteiger partial charge in [-0.1, -0.05) is 12.1 Å². The Balaban J connectivity index is 1.84. The highest BCUT2D eigenvalue weighted by Crippen LogP contribution is 2.14. The number of H-pyrrole nitrogens is 1. The molecule has 0 spiro atoms. The van der Waals surface area contributed by atoms with Gasteiger partial charge in [0.1, 0.15) is 5.75 Å². The Hall–Kier alpha value is -2.30. The highest BCUT2D eigenvalue weighted by molar-refractivity contribution is 5.76. The first kappa shape index (κ1) is 14.1. The molecule has 0 aliphatic rings. The van der Waals surface area contributed by atoms with Crippen LogP contribution in [0.15, 0.2) is 36.7 Å². The number of benzene rings is 1. The van der Waals surface area contributed by atoms with Crippen LogP contribution in [0.3, 0.4) is 0 Å². The molecule has 0 atom stereocenters. The molecule has 0 unspecified atom stereocenters. The summed E-state index contributed by atoms with van der Waals surface area (Å²) in [7, 11) is 3.45. The molecule has 5 heteroatoms. The molecular weight excluding hydrogens is 254 g/mol. The van der Waals surface area contributed by atoms with E-state index in [9.17, 15) is 4.79 Å². The van der Waals surface area contributed by atoms with Gasteiger partial charge in [-0.15, -0.1) is 0 Å². The number of methoxy groups -OCH3 is 1. The van der Waals surface area contributed by atoms with Crippen LogP contribution >= 0.6 is 0 Å². The predicted molar refractivity (Wildman–Crippen MR) is 76.4 cm³/mol. The summed E-state index contributed by atoms with van der Waals surface area (Å²) in [5.41, 5.74) is 2.11. The largest absolute Gasteiger partial charge is 0.497 e. The quantitative estimate of drug-likeness (QED) is 0.876. The molecule has 1 N–H and O–H groups in total. The maximum atomic E-state index is 12.1. The second-order valence-corrected chi connectivity index (χ2v) is 4.71. The van der Waals surface area contributed by atoms with E-state index in [-0.39, 0.29) is 5.91 Å². The highest BCUT2D eigenvalue weighted by atomic mass is 16.5. The number of nitrogens with zero attached hydrogens (tertiary/aromatic N) is 2. The Bertz CT molecular complexity index is 552. The molecule has 5 nitrogen and oxygen atoms in total. The molecule has 1 aromatic carbocycles. The first-order chi connectivity index (χ1) is 9.69. The van der Waals surface area contributed by atoms with E-state index in [2.05, 4.69) is 10.2 Å². The molecule has 1 aromatic heterocycles. The molecule has 1 amide bonds. The molecule has 0 aliphatic carbocycles. The van der Waals surface area contributed by atoms with Gasteiger partial charge in [0.25, 0.3) is 0 Å². The van der Waals surface area contributed by atoms with E-state index >= 15 is 0 Å². The number of hydrogen-bond donors (Lipinski definition) is 1. The second-order valence-electron chi connectivity index (χ2n) is 4.71. The highest BCUT2D eigenvalue weighted by Gasteiger charge is 2.10. The molecule has 106 valence electrons. The molecule has 2 rings (SSSR count). The summed E-state index contributed by atoms with van der Waals surface area (Å²) in [6.07, 6.45) is 4.73. The van der Waals surface area contributed by atoms with Gasteiger partial charge in [0.05, 0.1) is 13.3 Å². The summed E-state index contributed by atoms with van der Waals surface area (Å²) in [5, 5.41) is 6.61. The van der Waals surface area contributed by atoms with Gasteiger partial charge in [-0.05, 0) is 24.1 Å². The van der Waals surface area contributed by atoms with Gasteiger partial charge in [-0.25, -0.2) is 0 Å². The van der Waals surface area contributed by atoms with Crippen LogP contribution in [-0.4, -0.2) is 35.2 Å². The fourth-order valence-electron chi connectivity index (χ4n) is 2.00. The van der Waals surface area contributed by atoms with Crippen molar-refractivity contribution in [3.8, 4) is 5.75 Å². The summed E-state index contributed by atoms with van der Waals surface area (Å²) in [6.45, 7) is 0.577. The van der Waals surface area contributed by atoms with Crippen molar-refractivity contribution in [2.45, 2.75) is 19.4 Å². The van der Waals surface area contributed by atoms with Crippen LogP contribution in [0.25, 0.3) is 0 Å². The summed E-state index contributed by atoms with van der Waals surface area (Å²) in [6, 6.07) is 7.80. The summed E-state index contributed by atoms with van der Waals surface area (Å²) in [5.74, 6) is 0.940. The van der Waals surface area contributed by atoms with E-state index in [0.717, 1.165) is 16.9 Å². The summed E-state index contributed by atoms with van der Waals surface area (Å²) in [4.78, 5) is 13.8. The van der Waals surface area contributed by atoms with Crippen molar-refractivity contribution in [1.82, 2.24) is 15.1 Å². The number of aromatic nitrogens is 2. The smallest absolute Gasteiger partial charge is 0.222 e. The Morgan fingerprint density at radius 2 is 2.25 bits per heavy atom. The molecule has 0 fully saturated rings. The van der Waals surface area contributed by atoms with Crippen molar-refractivity contribution in [3.05, 3.63) is 47.8 Å². The van der Waals surface area contributed by atoms with Gasteiger partial charge in [0.2, 0.25) is 5.91 Å². The zero-order valence-electron chi connectivity index (χ0n) is 11.8. The molecule has 0 bridgehead atoms. The maximum absolute atomic E-state index is 12.1. The number of aromatic amines is 1. The SMILES string of the molecule is COc1cccc(CCC(=O)N(C)Cc2cn[nH]c2)c1. The van der Waals surface area contributed by atoms with Crippen molar-refractivity contribution in [3.63, 3.8) is 0 Å². The van der Waals surface area contributed by atoms with Gasteiger partial charge in [-0.3, -0.25) is 9.89 Å². The number of carbonyl (C=O) groups is 1. The Morgan fingerprint density at radius 3 is 2.95 bits per heavy atom. The number of nitrogens with one attached hydrogen (secondary N) is 1. The number of hydrogen-bond acceptors (Lipinski definition) is 3. The van der Waals surface area contributed by atoms with Crippen LogP contribution in [0.4, 0.5) is 0 Å². The minimum absolute atomic E-state index is 0.119. The van der Waals surface area contributed by atoms with Crippen LogP contribution < -0.4 is 4.74 Å². The lowest BCUT2D eigenvalue weighted by atomic mass is 10.1. The van der Waals surface area contributed by atoms with Crippen LogP contribution in [0.2, 0.25) is 0 Å². The number of amides is 1. The molecule has 2 aromatic rings. The number of rotatable bonds is 6. The third-order valence-electron chi connectivity index (χ3n) is 3.16. The monoisotopic (exact) mass is 273 g/mol. The second kappa shape index (κ2) is 6.75. The van der Waals surface area contributed by atoms with Crippen molar-refractivity contribution in [2.24, 2.45) is 0 Å². The number of ether oxygens (including phenoxy) is 1. The number of carbonyl (C=O) groups excluding carboxylic acids is 1. The lowest BCUT2D eigenvalue weighted by molar-refractivity contribution is -0.130. The first-order valence-corrected chi connectivity index (χ1v) is 6.53.